The highest BCUT2D eigenvalue weighted by Crippen LogP contribution is 2.20. The molecular formula is C19H23ClN2O2. The Morgan fingerprint density at radius 1 is 1.12 bits per heavy atom. The van der Waals surface area contributed by atoms with Gasteiger partial charge in [0, 0.05) is 16.4 Å². The van der Waals surface area contributed by atoms with Crippen molar-refractivity contribution in [3.63, 3.8) is 0 Å². The van der Waals surface area contributed by atoms with E-state index >= 15 is 0 Å². The average molecular weight is 347 g/mol. The largest absolute Gasteiger partial charge is 0.493 e. The summed E-state index contributed by atoms with van der Waals surface area (Å²) in [6.07, 6.45) is 0. The number of rotatable bonds is 7. The zero-order valence-corrected chi connectivity index (χ0v) is 15.0. The first-order valence-electron chi connectivity index (χ1n) is 7.97. The van der Waals surface area contributed by atoms with Crippen LogP contribution in [-0.2, 0) is 4.79 Å². The van der Waals surface area contributed by atoms with Crippen LogP contribution >= 0.6 is 11.6 Å². The molecular weight excluding hydrogens is 324 g/mol. The predicted octanol–water partition coefficient (Wildman–Crippen LogP) is 4.73. The third-order valence-corrected chi connectivity index (χ3v) is 3.75. The lowest BCUT2D eigenvalue weighted by molar-refractivity contribution is -0.114. The van der Waals surface area contributed by atoms with Crippen LogP contribution in [0.25, 0.3) is 0 Å². The minimum atomic E-state index is -0.130. The molecule has 0 unspecified atom stereocenters. The number of amides is 1. The van der Waals surface area contributed by atoms with E-state index in [1.54, 1.807) is 6.07 Å². The van der Waals surface area contributed by atoms with Crippen LogP contribution in [0.15, 0.2) is 42.5 Å². The Hall–Kier alpha value is -2.20. The monoisotopic (exact) mass is 346 g/mol. The van der Waals surface area contributed by atoms with Gasteiger partial charge in [0.25, 0.3) is 0 Å². The summed E-state index contributed by atoms with van der Waals surface area (Å²) in [5, 5.41) is 6.53. The Kier molecular flexibility index (Phi) is 6.50. The van der Waals surface area contributed by atoms with Gasteiger partial charge in [0.05, 0.1) is 13.2 Å². The normalized spacial score (nSPS) is 10.5. The van der Waals surface area contributed by atoms with Gasteiger partial charge in [-0.15, -0.1) is 0 Å². The number of nitrogens with one attached hydrogen (secondary N) is 2. The van der Waals surface area contributed by atoms with Gasteiger partial charge in [-0.3, -0.25) is 4.79 Å². The van der Waals surface area contributed by atoms with Gasteiger partial charge in [-0.1, -0.05) is 31.5 Å². The summed E-state index contributed by atoms with van der Waals surface area (Å²) in [7, 11) is 0. The summed E-state index contributed by atoms with van der Waals surface area (Å²) in [4.78, 5) is 12.0. The number of aryl methyl sites for hydroxylation is 1. The Labute approximate surface area is 148 Å². The molecule has 0 radical (unpaired) electrons. The maximum absolute atomic E-state index is 12.0. The van der Waals surface area contributed by atoms with E-state index in [9.17, 15) is 4.79 Å². The van der Waals surface area contributed by atoms with Crippen molar-refractivity contribution in [2.45, 2.75) is 20.8 Å². The molecule has 5 heteroatoms. The molecule has 0 bridgehead atoms. The molecule has 128 valence electrons. The van der Waals surface area contributed by atoms with Crippen molar-refractivity contribution in [2.75, 3.05) is 23.8 Å². The van der Waals surface area contributed by atoms with Crippen LogP contribution in [0.4, 0.5) is 11.4 Å². The molecule has 2 N–H and O–H groups in total. The van der Waals surface area contributed by atoms with E-state index in [-0.39, 0.29) is 12.5 Å². The molecule has 0 saturated heterocycles. The number of carbonyl (C=O) groups excluding carboxylic acids is 1. The first-order chi connectivity index (χ1) is 11.4. The van der Waals surface area contributed by atoms with Crippen LogP contribution in [0.5, 0.6) is 5.75 Å². The van der Waals surface area contributed by atoms with Gasteiger partial charge >= 0.3 is 0 Å². The quantitative estimate of drug-likeness (QED) is 0.761. The summed E-state index contributed by atoms with van der Waals surface area (Å²) in [5.41, 5.74) is 2.53. The molecule has 0 spiro atoms. The van der Waals surface area contributed by atoms with Crippen molar-refractivity contribution in [3.8, 4) is 5.75 Å². The molecule has 1 amide bonds. The first kappa shape index (κ1) is 18.1. The molecule has 2 aromatic carbocycles. The fourth-order valence-electron chi connectivity index (χ4n) is 1.99. The van der Waals surface area contributed by atoms with E-state index in [0.29, 0.717) is 23.2 Å². The van der Waals surface area contributed by atoms with Gasteiger partial charge in [-0.25, -0.2) is 0 Å². The Bertz CT molecular complexity index is 684. The Morgan fingerprint density at radius 2 is 1.79 bits per heavy atom. The fraction of sp³-hybridized carbons (Fsp3) is 0.316. The van der Waals surface area contributed by atoms with Gasteiger partial charge in [-0.2, -0.15) is 0 Å². The zero-order chi connectivity index (χ0) is 17.5. The van der Waals surface area contributed by atoms with Crippen molar-refractivity contribution in [2.24, 2.45) is 5.92 Å². The molecule has 24 heavy (non-hydrogen) atoms. The molecule has 2 rings (SSSR count). The van der Waals surface area contributed by atoms with E-state index in [4.69, 9.17) is 16.3 Å². The number of ether oxygens (including phenoxy) is 1. The van der Waals surface area contributed by atoms with Crippen molar-refractivity contribution in [1.29, 1.82) is 0 Å². The second-order valence-electron chi connectivity index (χ2n) is 6.09. The third-order valence-electron chi connectivity index (χ3n) is 3.35. The highest BCUT2D eigenvalue weighted by Gasteiger charge is 2.04. The van der Waals surface area contributed by atoms with Crippen LogP contribution in [-0.4, -0.2) is 19.1 Å². The minimum Gasteiger partial charge on any atom is -0.493 e. The summed E-state index contributed by atoms with van der Waals surface area (Å²) in [6, 6.07) is 13.0. The number of anilines is 2. The molecule has 0 aliphatic heterocycles. The molecule has 0 aliphatic rings. The van der Waals surface area contributed by atoms with Crippen LogP contribution < -0.4 is 15.4 Å². The van der Waals surface area contributed by atoms with E-state index in [0.717, 1.165) is 17.0 Å². The highest BCUT2D eigenvalue weighted by molar-refractivity contribution is 6.31. The second kappa shape index (κ2) is 8.60. The SMILES string of the molecule is Cc1ccc(NC(=O)CNc2ccc(OCC(C)C)cc2)cc1Cl. The number of benzene rings is 2. The summed E-state index contributed by atoms with van der Waals surface area (Å²) < 4.78 is 5.63. The average Bonchev–Trinajstić information content (AvgIpc) is 2.55. The molecule has 0 fully saturated rings. The molecule has 4 nitrogen and oxygen atoms in total. The van der Waals surface area contributed by atoms with Crippen LogP contribution in [0.2, 0.25) is 5.02 Å². The van der Waals surface area contributed by atoms with Crippen LogP contribution in [0.1, 0.15) is 19.4 Å². The number of hydrogen-bond donors (Lipinski definition) is 2. The molecule has 0 aliphatic carbocycles. The van der Waals surface area contributed by atoms with Gasteiger partial charge in [-0.05, 0) is 54.8 Å². The highest BCUT2D eigenvalue weighted by atomic mass is 35.5. The summed E-state index contributed by atoms with van der Waals surface area (Å²) >= 11 is 6.05. The van der Waals surface area contributed by atoms with Gasteiger partial charge < -0.3 is 15.4 Å². The molecule has 2 aromatic rings. The van der Waals surface area contributed by atoms with E-state index < -0.39 is 0 Å². The van der Waals surface area contributed by atoms with Crippen LogP contribution in [0, 0.1) is 12.8 Å². The smallest absolute Gasteiger partial charge is 0.243 e. The van der Waals surface area contributed by atoms with Crippen LogP contribution in [0.3, 0.4) is 0 Å². The Morgan fingerprint density at radius 3 is 2.42 bits per heavy atom. The number of carbonyl (C=O) groups is 1. The third kappa shape index (κ3) is 5.78. The second-order valence-corrected chi connectivity index (χ2v) is 6.50. The molecule has 0 atom stereocenters. The maximum atomic E-state index is 12.0. The fourth-order valence-corrected chi connectivity index (χ4v) is 2.17. The summed E-state index contributed by atoms with van der Waals surface area (Å²) in [6.45, 7) is 7.00. The van der Waals surface area contributed by atoms with E-state index in [1.807, 2.05) is 43.3 Å². The lowest BCUT2D eigenvalue weighted by atomic mass is 10.2. The van der Waals surface area contributed by atoms with E-state index in [1.165, 1.54) is 0 Å². The van der Waals surface area contributed by atoms with Gasteiger partial charge in [0.1, 0.15) is 5.75 Å². The number of hydrogen-bond acceptors (Lipinski definition) is 3. The molecule has 0 aromatic heterocycles. The Balaban J connectivity index is 1.81. The van der Waals surface area contributed by atoms with E-state index in [2.05, 4.69) is 24.5 Å². The van der Waals surface area contributed by atoms with Gasteiger partial charge in [0.15, 0.2) is 0 Å². The topological polar surface area (TPSA) is 50.4 Å². The van der Waals surface area contributed by atoms with Crippen molar-refractivity contribution < 1.29 is 9.53 Å². The van der Waals surface area contributed by atoms with Crippen molar-refractivity contribution in [1.82, 2.24) is 0 Å². The summed E-state index contributed by atoms with van der Waals surface area (Å²) in [5.74, 6) is 1.19. The number of halogens is 1. The standard InChI is InChI=1S/C19H23ClN2O2/c1-13(2)12-24-17-8-6-15(7-9-17)21-11-19(23)22-16-5-4-14(3)18(20)10-16/h4-10,13,21H,11-12H2,1-3H3,(H,22,23). The maximum Gasteiger partial charge on any atom is 0.243 e. The molecule has 0 saturated carbocycles. The lowest BCUT2D eigenvalue weighted by Crippen LogP contribution is -2.21. The van der Waals surface area contributed by atoms with Crippen molar-refractivity contribution in [3.05, 3.63) is 53.1 Å². The lowest BCUT2D eigenvalue weighted by Gasteiger charge is -2.11. The molecule has 0 heterocycles. The zero-order valence-electron chi connectivity index (χ0n) is 14.2. The predicted molar refractivity (Wildman–Crippen MR) is 100 cm³/mol. The minimum absolute atomic E-state index is 0.130. The van der Waals surface area contributed by atoms with Gasteiger partial charge in [0.2, 0.25) is 5.91 Å². The van der Waals surface area contributed by atoms with Crippen molar-refractivity contribution >= 4 is 28.9 Å². The first-order valence-corrected chi connectivity index (χ1v) is 8.34.